The molecule has 15 heteroatoms. The summed E-state index contributed by atoms with van der Waals surface area (Å²) in [5, 5.41) is 9.45. The number of benzene rings is 2. The Labute approximate surface area is 303 Å². The first-order valence-corrected chi connectivity index (χ1v) is 17.1. The molecule has 2 atom stereocenters. The number of halogens is 4. The van der Waals surface area contributed by atoms with Crippen LogP contribution in [0.15, 0.2) is 54.6 Å². The molecule has 1 aliphatic carbocycles. The molecular weight excluding hydrogens is 701 g/mol. The van der Waals surface area contributed by atoms with Crippen LogP contribution in [0.25, 0.3) is 22.4 Å². The number of nitrogens with one attached hydrogen (secondary N) is 3. The molecule has 0 saturated carbocycles. The summed E-state index contributed by atoms with van der Waals surface area (Å²) in [4.78, 5) is 31.5. The normalized spacial score (nSPS) is 16.8. The number of pyridine rings is 2. The van der Waals surface area contributed by atoms with Crippen LogP contribution in [0.1, 0.15) is 53.2 Å². The van der Waals surface area contributed by atoms with Crippen LogP contribution in [-0.4, -0.2) is 55.1 Å². The minimum absolute atomic E-state index is 0.0656. The van der Waals surface area contributed by atoms with Gasteiger partial charge in [-0.15, -0.1) is 0 Å². The minimum atomic E-state index is -4.77. The van der Waals surface area contributed by atoms with Gasteiger partial charge in [-0.05, 0) is 48.1 Å². The van der Waals surface area contributed by atoms with Crippen molar-refractivity contribution in [1.29, 1.82) is 0 Å². The van der Waals surface area contributed by atoms with Crippen molar-refractivity contribution in [2.24, 2.45) is 5.73 Å². The van der Waals surface area contributed by atoms with Crippen molar-refractivity contribution in [2.45, 2.75) is 57.1 Å². The number of alkyl halides is 3. The van der Waals surface area contributed by atoms with Crippen LogP contribution < -0.4 is 35.9 Å². The lowest BCUT2D eigenvalue weighted by molar-refractivity contribution is -0.139. The van der Waals surface area contributed by atoms with Crippen LogP contribution in [0.5, 0.6) is 17.6 Å². The van der Waals surface area contributed by atoms with E-state index in [0.717, 1.165) is 40.3 Å². The van der Waals surface area contributed by atoms with Gasteiger partial charge in [0.2, 0.25) is 29.5 Å². The smallest absolute Gasteiger partial charge is 0.421 e. The molecule has 2 aromatic heterocycles. The van der Waals surface area contributed by atoms with Crippen molar-refractivity contribution in [3.63, 3.8) is 0 Å². The average molecular weight is 739 g/mol. The maximum atomic E-state index is 14.3. The molecule has 4 aromatic rings. The van der Waals surface area contributed by atoms with Gasteiger partial charge >= 0.3 is 6.18 Å². The van der Waals surface area contributed by atoms with Crippen LogP contribution in [0.2, 0.25) is 5.02 Å². The van der Waals surface area contributed by atoms with Crippen LogP contribution in [0, 0.1) is 0 Å². The van der Waals surface area contributed by atoms with Gasteiger partial charge < -0.3 is 35.9 Å². The number of fused-ring (bicyclic) bond motifs is 1. The molecule has 0 radical (unpaired) electrons. The average Bonchev–Trinajstić information content (AvgIpc) is 3.73. The Hall–Kier alpha value is -4.92. The van der Waals surface area contributed by atoms with Crippen LogP contribution in [0.4, 0.5) is 13.2 Å². The van der Waals surface area contributed by atoms with E-state index in [0.29, 0.717) is 54.5 Å². The number of methoxy groups -OCH3 is 2. The highest BCUT2D eigenvalue weighted by Crippen LogP contribution is 2.46. The third-order valence-corrected chi connectivity index (χ3v) is 9.51. The van der Waals surface area contributed by atoms with Gasteiger partial charge in [-0.25, -0.2) is 4.98 Å². The number of hydrogen-bond acceptors (Lipinski definition) is 9. The van der Waals surface area contributed by atoms with Crippen molar-refractivity contribution >= 4 is 23.4 Å². The van der Waals surface area contributed by atoms with E-state index in [1.54, 1.807) is 7.11 Å². The quantitative estimate of drug-likeness (QED) is 0.131. The van der Waals surface area contributed by atoms with E-state index in [2.05, 4.69) is 20.9 Å². The number of aromatic nitrogens is 2. The Balaban J connectivity index is 1.25. The second-order valence-electron chi connectivity index (χ2n) is 12.6. The maximum Gasteiger partial charge on any atom is 0.421 e. The number of carbonyl (C=O) groups excluding carboxylic acids is 2. The van der Waals surface area contributed by atoms with Crippen LogP contribution in [0.3, 0.4) is 0 Å². The molecular formula is C37H38ClF3N6O5. The topological polar surface area (TPSA) is 150 Å². The lowest BCUT2D eigenvalue weighted by Crippen LogP contribution is -2.35. The summed E-state index contributed by atoms with van der Waals surface area (Å²) >= 11 is 7.08. The van der Waals surface area contributed by atoms with E-state index in [1.807, 2.05) is 48.5 Å². The number of nitrogens with two attached hydrogens (primary N) is 1. The summed E-state index contributed by atoms with van der Waals surface area (Å²) < 4.78 is 59.8. The Morgan fingerprint density at radius 2 is 1.63 bits per heavy atom. The zero-order valence-corrected chi connectivity index (χ0v) is 29.3. The monoisotopic (exact) mass is 738 g/mol. The molecule has 0 bridgehead atoms. The largest absolute Gasteiger partial charge is 0.481 e. The predicted molar refractivity (Wildman–Crippen MR) is 188 cm³/mol. The van der Waals surface area contributed by atoms with Gasteiger partial charge in [0.1, 0.15) is 11.7 Å². The molecule has 52 heavy (non-hydrogen) atoms. The third kappa shape index (κ3) is 8.09. The highest BCUT2D eigenvalue weighted by atomic mass is 35.5. The first kappa shape index (κ1) is 36.9. The first-order chi connectivity index (χ1) is 25.0. The van der Waals surface area contributed by atoms with Gasteiger partial charge in [-0.2, -0.15) is 18.2 Å². The Bertz CT molecular complexity index is 1980. The summed E-state index contributed by atoms with van der Waals surface area (Å²) in [6.07, 6.45) is -3.21. The van der Waals surface area contributed by atoms with E-state index in [1.165, 1.54) is 7.11 Å². The fraction of sp³-hybridized carbons (Fsp3) is 0.351. The van der Waals surface area contributed by atoms with E-state index in [4.69, 9.17) is 36.5 Å². The number of amides is 2. The van der Waals surface area contributed by atoms with Gasteiger partial charge in [-0.1, -0.05) is 54.1 Å². The molecule has 1 fully saturated rings. The van der Waals surface area contributed by atoms with Crippen molar-refractivity contribution in [2.75, 3.05) is 27.3 Å². The highest BCUT2D eigenvalue weighted by Gasteiger charge is 2.38. The Kier molecular flexibility index (Phi) is 11.2. The summed E-state index contributed by atoms with van der Waals surface area (Å²) in [6.45, 7) is 0.788. The van der Waals surface area contributed by atoms with Crippen LogP contribution in [-0.2, 0) is 35.3 Å². The second kappa shape index (κ2) is 15.8. The maximum absolute atomic E-state index is 14.3. The van der Waals surface area contributed by atoms with Gasteiger partial charge in [0.25, 0.3) is 0 Å². The van der Waals surface area contributed by atoms with Crippen molar-refractivity contribution < 1.29 is 37.0 Å². The van der Waals surface area contributed by atoms with E-state index in [9.17, 15) is 22.8 Å². The molecule has 1 aliphatic heterocycles. The fourth-order valence-corrected chi connectivity index (χ4v) is 6.97. The third-order valence-electron chi connectivity index (χ3n) is 9.10. The molecule has 1 saturated heterocycles. The molecule has 5 N–H and O–H groups in total. The number of ether oxygens (including phenoxy) is 3. The standard InChI is InChI=1S/C37H38ClF3N6O5/c1-50-34-20(16-43-18-22-10-14-32(49)45-22)9-12-29(46-34)27-8-4-7-26(33(27)38)23-5-3-6-25-24(23)11-13-30(25)52-36-28(37(39,40)41)15-21(35(47-36)51-2)17-44-19-31(42)48/h3-9,12,15,22,30,43-44H,10-11,13-14,16-19H2,1-2H3,(H2,42,48)(H,45,49)/t22-,30-/m0/s1. The second-order valence-corrected chi connectivity index (χ2v) is 12.9. The lowest BCUT2D eigenvalue weighted by atomic mass is 9.94. The predicted octanol–water partition coefficient (Wildman–Crippen LogP) is 5.51. The number of nitrogens with zero attached hydrogens (tertiary/aromatic N) is 2. The summed E-state index contributed by atoms with van der Waals surface area (Å²) in [6, 6.07) is 16.0. The van der Waals surface area contributed by atoms with Crippen molar-refractivity contribution in [1.82, 2.24) is 25.9 Å². The molecule has 0 unspecified atom stereocenters. The summed E-state index contributed by atoms with van der Waals surface area (Å²) in [7, 11) is 2.85. The molecule has 2 aromatic carbocycles. The summed E-state index contributed by atoms with van der Waals surface area (Å²) in [5.41, 5.74) is 9.54. The molecule has 2 aliphatic rings. The van der Waals surface area contributed by atoms with Crippen molar-refractivity contribution in [3.05, 3.63) is 87.4 Å². The number of carbonyl (C=O) groups is 2. The number of hydrogen-bond donors (Lipinski definition) is 4. The highest BCUT2D eigenvalue weighted by molar-refractivity contribution is 6.36. The lowest BCUT2D eigenvalue weighted by Gasteiger charge is -2.21. The first-order valence-electron chi connectivity index (χ1n) is 16.7. The fourth-order valence-electron chi connectivity index (χ4n) is 6.64. The number of primary amides is 1. The van der Waals surface area contributed by atoms with E-state index < -0.39 is 29.6 Å². The zero-order valence-electron chi connectivity index (χ0n) is 28.5. The molecule has 6 rings (SSSR count). The number of rotatable bonds is 14. The molecule has 3 heterocycles. The molecule has 274 valence electrons. The van der Waals surface area contributed by atoms with Crippen molar-refractivity contribution in [3.8, 4) is 40.0 Å². The van der Waals surface area contributed by atoms with Gasteiger partial charge in [0.15, 0.2) is 0 Å². The Morgan fingerprint density at radius 3 is 2.35 bits per heavy atom. The molecule has 2 amide bonds. The molecule has 0 spiro atoms. The van der Waals surface area contributed by atoms with Crippen LogP contribution >= 0.6 is 11.6 Å². The summed E-state index contributed by atoms with van der Waals surface area (Å²) in [5.74, 6) is -0.809. The Morgan fingerprint density at radius 1 is 0.923 bits per heavy atom. The van der Waals surface area contributed by atoms with Gasteiger partial charge in [0.05, 0.1) is 31.5 Å². The zero-order chi connectivity index (χ0) is 37.0. The van der Waals surface area contributed by atoms with Gasteiger partial charge in [-0.3, -0.25) is 9.59 Å². The SMILES string of the molecule is COc1nc(-c2cccc(-c3cccc4c3CC[C@@H]4Oc3nc(OC)c(CNCC(N)=O)cc3C(F)(F)F)c2Cl)ccc1CNC[C@@H]1CCC(=O)N1. The van der Waals surface area contributed by atoms with Gasteiger partial charge in [0, 0.05) is 54.4 Å². The molecule has 11 nitrogen and oxygen atoms in total. The van der Waals surface area contributed by atoms with E-state index >= 15 is 0 Å². The minimum Gasteiger partial charge on any atom is -0.481 e. The van der Waals surface area contributed by atoms with E-state index in [-0.39, 0.29) is 36.5 Å².